The average Bonchev–Trinajstić information content (AvgIpc) is 3.23. The van der Waals surface area contributed by atoms with Gasteiger partial charge in [0.2, 0.25) is 0 Å². The maximum atomic E-state index is 15.0. The number of nitrogens with zero attached hydrogens (tertiary/aromatic N) is 1. The minimum absolute atomic E-state index is 0.00960. The van der Waals surface area contributed by atoms with E-state index in [0.717, 1.165) is 18.2 Å². The number of benzene rings is 3. The van der Waals surface area contributed by atoms with Crippen LogP contribution in [0.15, 0.2) is 65.6 Å². The maximum Gasteiger partial charge on any atom is 0.416 e. The van der Waals surface area contributed by atoms with Crippen LogP contribution in [-0.2, 0) is 35.5 Å². The van der Waals surface area contributed by atoms with Crippen LogP contribution in [0.2, 0.25) is 0 Å². The molecule has 12 heteroatoms. The zero-order valence-corrected chi connectivity index (χ0v) is 22.0. The van der Waals surface area contributed by atoms with Gasteiger partial charge in [-0.25, -0.2) is 17.2 Å². The second kappa shape index (κ2) is 11.4. The predicted molar refractivity (Wildman–Crippen MR) is 139 cm³/mol. The Balaban J connectivity index is 1.62. The molecule has 0 saturated heterocycles. The molecule has 4 rings (SSSR count). The zero-order valence-electron chi connectivity index (χ0n) is 21.2. The van der Waals surface area contributed by atoms with Crippen LogP contribution < -0.4 is 5.32 Å². The van der Waals surface area contributed by atoms with Gasteiger partial charge in [-0.05, 0) is 53.6 Å². The molecule has 4 aromatic rings. The molecular weight excluding hydrogens is 555 g/mol. The molecule has 40 heavy (non-hydrogen) atoms. The van der Waals surface area contributed by atoms with Gasteiger partial charge in [-0.15, -0.1) is 0 Å². The first-order valence-corrected chi connectivity index (χ1v) is 13.9. The summed E-state index contributed by atoms with van der Waals surface area (Å²) >= 11 is 0. The molecule has 6 nitrogen and oxygen atoms in total. The van der Waals surface area contributed by atoms with Gasteiger partial charge in [-0.3, -0.25) is 4.79 Å². The van der Waals surface area contributed by atoms with Crippen molar-refractivity contribution < 1.29 is 40.3 Å². The van der Waals surface area contributed by atoms with E-state index in [9.17, 15) is 35.9 Å². The highest BCUT2D eigenvalue weighted by atomic mass is 32.2. The smallest absolute Gasteiger partial charge is 0.395 e. The van der Waals surface area contributed by atoms with Crippen molar-refractivity contribution in [1.82, 2.24) is 9.88 Å². The number of fused-ring (bicyclic) bond motifs is 1. The number of hydrogen-bond donors (Lipinski definition) is 2. The molecule has 0 aliphatic heterocycles. The van der Waals surface area contributed by atoms with Crippen LogP contribution in [0.3, 0.4) is 0 Å². The number of aliphatic hydroxyl groups is 1. The zero-order chi connectivity index (χ0) is 29.2. The summed E-state index contributed by atoms with van der Waals surface area (Å²) in [6.07, 6.45) is -5.08. The van der Waals surface area contributed by atoms with Crippen LogP contribution >= 0.6 is 0 Å². The molecule has 0 unspecified atom stereocenters. The molecule has 212 valence electrons. The standard InChI is InChI=1S/C28H25F5N2O4S/c1-2-40(38,39)22-7-3-17(4-8-22)16-34-27(37)23-13-19-12-21(35(9-10-36)26(19)15-25(23)30)11-18-5-6-20(29)14-24(18)28(31,32)33/h3-8,12-15,36H,2,9-11,16H2,1H3,(H,34,37). The van der Waals surface area contributed by atoms with Gasteiger partial charge in [-0.2, -0.15) is 13.2 Å². The molecule has 0 atom stereocenters. The lowest BCUT2D eigenvalue weighted by Gasteiger charge is -2.15. The summed E-state index contributed by atoms with van der Waals surface area (Å²) in [6, 6.07) is 12.1. The van der Waals surface area contributed by atoms with Gasteiger partial charge in [-0.1, -0.05) is 25.1 Å². The van der Waals surface area contributed by atoms with Crippen LogP contribution in [0, 0.1) is 11.6 Å². The van der Waals surface area contributed by atoms with Crippen LogP contribution in [0.25, 0.3) is 10.9 Å². The molecule has 1 aromatic heterocycles. The molecule has 0 aliphatic rings. The minimum Gasteiger partial charge on any atom is -0.395 e. The summed E-state index contributed by atoms with van der Waals surface area (Å²) in [5.74, 6) is -2.72. The third-order valence-corrected chi connectivity index (χ3v) is 8.26. The number of aromatic nitrogens is 1. The van der Waals surface area contributed by atoms with Gasteiger partial charge < -0.3 is 15.0 Å². The van der Waals surface area contributed by atoms with Crippen LogP contribution in [-0.4, -0.2) is 36.4 Å². The summed E-state index contributed by atoms with van der Waals surface area (Å²) < 4.78 is 94.6. The quantitative estimate of drug-likeness (QED) is 0.265. The first-order valence-electron chi connectivity index (χ1n) is 12.2. The lowest BCUT2D eigenvalue weighted by atomic mass is 10.0. The predicted octanol–water partition coefficient (Wildman–Crippen LogP) is 5.25. The SMILES string of the molecule is CCS(=O)(=O)c1ccc(CNC(=O)c2cc3cc(Cc4ccc(F)cc4C(F)(F)F)n(CCO)c3cc2F)cc1. The molecule has 0 bridgehead atoms. The average molecular weight is 581 g/mol. The monoisotopic (exact) mass is 580 g/mol. The molecule has 0 aliphatic carbocycles. The Kier molecular flexibility index (Phi) is 8.31. The Morgan fingerprint density at radius 2 is 1.70 bits per heavy atom. The van der Waals surface area contributed by atoms with Gasteiger partial charge in [0.05, 0.1) is 33.9 Å². The maximum absolute atomic E-state index is 15.0. The van der Waals surface area contributed by atoms with E-state index < -0.39 is 39.1 Å². The van der Waals surface area contributed by atoms with Gasteiger partial charge in [0.1, 0.15) is 11.6 Å². The van der Waals surface area contributed by atoms with Crippen molar-refractivity contribution in [2.75, 3.05) is 12.4 Å². The number of rotatable bonds is 9. The molecule has 0 radical (unpaired) electrons. The number of amides is 1. The largest absolute Gasteiger partial charge is 0.416 e. The van der Waals surface area contributed by atoms with Crippen molar-refractivity contribution in [2.45, 2.75) is 37.5 Å². The first-order chi connectivity index (χ1) is 18.8. The number of carbonyl (C=O) groups excluding carboxylic acids is 1. The second-order valence-corrected chi connectivity index (χ2v) is 11.4. The Bertz CT molecular complexity index is 1660. The normalized spacial score (nSPS) is 12.2. The summed E-state index contributed by atoms with van der Waals surface area (Å²) in [5.41, 5.74) is -0.488. The molecule has 3 aromatic carbocycles. The Labute approximate surface area is 227 Å². The number of aliphatic hydroxyl groups excluding tert-OH is 1. The third-order valence-electron chi connectivity index (χ3n) is 6.51. The van der Waals surface area contributed by atoms with Crippen LogP contribution in [0.1, 0.15) is 39.7 Å². The minimum atomic E-state index is -4.80. The number of alkyl halides is 3. The van der Waals surface area contributed by atoms with E-state index in [4.69, 9.17) is 0 Å². The summed E-state index contributed by atoms with van der Waals surface area (Å²) in [5, 5.41) is 12.5. The van der Waals surface area contributed by atoms with E-state index in [0.29, 0.717) is 22.7 Å². The number of sulfone groups is 1. The molecule has 2 N–H and O–H groups in total. The first kappa shape index (κ1) is 29.2. The van der Waals surface area contributed by atoms with E-state index in [2.05, 4.69) is 5.32 Å². The highest BCUT2D eigenvalue weighted by Gasteiger charge is 2.34. The van der Waals surface area contributed by atoms with Crippen LogP contribution in [0.4, 0.5) is 22.0 Å². The highest BCUT2D eigenvalue weighted by Crippen LogP contribution is 2.34. The fraction of sp³-hybridized carbons (Fsp3) is 0.250. The lowest BCUT2D eigenvalue weighted by Crippen LogP contribution is -2.24. The highest BCUT2D eigenvalue weighted by molar-refractivity contribution is 7.91. The molecule has 0 fully saturated rings. The van der Waals surface area contributed by atoms with Crippen LogP contribution in [0.5, 0.6) is 0 Å². The summed E-state index contributed by atoms with van der Waals surface area (Å²) in [7, 11) is -3.38. The fourth-order valence-corrected chi connectivity index (χ4v) is 5.33. The number of hydrogen-bond acceptors (Lipinski definition) is 4. The molecule has 1 amide bonds. The number of nitrogens with one attached hydrogen (secondary N) is 1. The molecule has 1 heterocycles. The molecular formula is C28H25F5N2O4S. The molecule has 0 saturated carbocycles. The topological polar surface area (TPSA) is 88.4 Å². The molecule has 0 spiro atoms. The van der Waals surface area contributed by atoms with Crippen molar-refractivity contribution in [3.63, 3.8) is 0 Å². The van der Waals surface area contributed by atoms with Crippen molar-refractivity contribution in [2.24, 2.45) is 0 Å². The Morgan fingerprint density at radius 3 is 2.33 bits per heavy atom. The summed E-state index contributed by atoms with van der Waals surface area (Å²) in [6.45, 7) is 1.09. The summed E-state index contributed by atoms with van der Waals surface area (Å²) in [4.78, 5) is 12.9. The van der Waals surface area contributed by atoms with E-state index in [1.54, 1.807) is 0 Å². The Hall–Kier alpha value is -3.77. The number of halogens is 5. The van der Waals surface area contributed by atoms with Crippen molar-refractivity contribution >= 4 is 26.6 Å². The van der Waals surface area contributed by atoms with E-state index in [1.165, 1.54) is 47.9 Å². The fourth-order valence-electron chi connectivity index (χ4n) is 4.45. The Morgan fingerprint density at radius 1 is 1.00 bits per heavy atom. The second-order valence-electron chi connectivity index (χ2n) is 9.11. The van der Waals surface area contributed by atoms with Gasteiger partial charge in [0, 0.05) is 30.6 Å². The van der Waals surface area contributed by atoms with Crippen molar-refractivity contribution in [3.05, 3.63) is 100 Å². The van der Waals surface area contributed by atoms with E-state index in [-0.39, 0.29) is 53.4 Å². The lowest BCUT2D eigenvalue weighted by molar-refractivity contribution is -0.138. The van der Waals surface area contributed by atoms with Gasteiger partial charge >= 0.3 is 6.18 Å². The van der Waals surface area contributed by atoms with Crippen molar-refractivity contribution in [1.29, 1.82) is 0 Å². The third kappa shape index (κ3) is 6.18. The van der Waals surface area contributed by atoms with Gasteiger partial charge in [0.25, 0.3) is 5.91 Å². The van der Waals surface area contributed by atoms with Crippen molar-refractivity contribution in [3.8, 4) is 0 Å². The van der Waals surface area contributed by atoms with E-state index in [1.807, 2.05) is 0 Å². The van der Waals surface area contributed by atoms with E-state index >= 15 is 4.39 Å². The van der Waals surface area contributed by atoms with Gasteiger partial charge in [0.15, 0.2) is 9.84 Å². The number of carbonyl (C=O) groups is 1.